The summed E-state index contributed by atoms with van der Waals surface area (Å²) in [5, 5.41) is 10.3. The van der Waals surface area contributed by atoms with Gasteiger partial charge in [-0.2, -0.15) is 0 Å². The maximum atomic E-state index is 12.4. The minimum Gasteiger partial charge on any atom is -0.512 e. The van der Waals surface area contributed by atoms with E-state index < -0.39 is 0 Å². The lowest BCUT2D eigenvalue weighted by molar-refractivity contribution is -0.114. The fourth-order valence-electron chi connectivity index (χ4n) is 5.15. The third kappa shape index (κ3) is 4.10. The molecular formula is C30H35NO2. The van der Waals surface area contributed by atoms with Gasteiger partial charge in [0.05, 0.1) is 11.3 Å². The highest BCUT2D eigenvalue weighted by Crippen LogP contribution is 2.44. The summed E-state index contributed by atoms with van der Waals surface area (Å²) < 4.78 is 0. The van der Waals surface area contributed by atoms with Crippen molar-refractivity contribution in [2.24, 2.45) is 0 Å². The maximum absolute atomic E-state index is 12.4. The molecule has 2 aliphatic carbocycles. The lowest BCUT2D eigenvalue weighted by Crippen LogP contribution is -2.29. The summed E-state index contributed by atoms with van der Waals surface area (Å²) in [7, 11) is 0. The van der Waals surface area contributed by atoms with Gasteiger partial charge in [-0.05, 0) is 61.6 Å². The fraction of sp³-hybridized carbons (Fsp3) is 0.400. The van der Waals surface area contributed by atoms with Gasteiger partial charge in [0.2, 0.25) is 0 Å². The van der Waals surface area contributed by atoms with Crippen molar-refractivity contribution in [3.63, 3.8) is 0 Å². The molecule has 0 atom stereocenters. The van der Waals surface area contributed by atoms with Crippen LogP contribution in [0.1, 0.15) is 94.3 Å². The Bertz CT molecular complexity index is 1220. The molecule has 2 aromatic rings. The van der Waals surface area contributed by atoms with Crippen LogP contribution in [0.5, 0.6) is 0 Å². The number of carbonyl (C=O) groups excluding carboxylic acids is 1. The number of fused-ring (bicyclic) bond motifs is 1. The molecule has 1 heterocycles. The minimum atomic E-state index is -0.0390. The lowest BCUT2D eigenvalue weighted by Gasteiger charge is -2.37. The van der Waals surface area contributed by atoms with E-state index in [-0.39, 0.29) is 22.4 Å². The number of rotatable bonds is 3. The zero-order chi connectivity index (χ0) is 24.1. The zero-order valence-electron chi connectivity index (χ0n) is 21.0. The average molecular weight is 442 g/mol. The highest BCUT2D eigenvalue weighted by molar-refractivity contribution is 6.21. The molecule has 0 saturated carbocycles. The van der Waals surface area contributed by atoms with Crippen LogP contribution in [-0.2, 0) is 15.6 Å². The van der Waals surface area contributed by atoms with E-state index >= 15 is 0 Å². The van der Waals surface area contributed by atoms with Gasteiger partial charge < -0.3 is 5.11 Å². The SMILES string of the molecule is CC(C)=C(c1ccc(C2=C(O)CCCC2=O)cn1)c1cc2c(cc1C)C(C)(C)C=CC2(C)C. The van der Waals surface area contributed by atoms with Gasteiger partial charge in [0.25, 0.3) is 0 Å². The van der Waals surface area contributed by atoms with E-state index in [0.717, 1.165) is 11.3 Å². The van der Waals surface area contributed by atoms with Crippen molar-refractivity contribution >= 4 is 16.9 Å². The molecule has 0 spiro atoms. The van der Waals surface area contributed by atoms with E-state index in [4.69, 9.17) is 4.98 Å². The van der Waals surface area contributed by atoms with Gasteiger partial charge in [-0.1, -0.05) is 57.6 Å². The van der Waals surface area contributed by atoms with Crippen molar-refractivity contribution in [1.82, 2.24) is 4.98 Å². The van der Waals surface area contributed by atoms with Gasteiger partial charge in [-0.15, -0.1) is 0 Å². The Labute approximate surface area is 198 Å². The molecule has 2 aliphatic rings. The van der Waals surface area contributed by atoms with Crippen LogP contribution in [0.2, 0.25) is 0 Å². The monoisotopic (exact) mass is 441 g/mol. The number of ketones is 1. The Morgan fingerprint density at radius 1 is 0.970 bits per heavy atom. The third-order valence-electron chi connectivity index (χ3n) is 7.13. The van der Waals surface area contributed by atoms with E-state index in [1.54, 1.807) is 6.20 Å². The Kier molecular flexibility index (Phi) is 5.72. The number of hydrogen-bond acceptors (Lipinski definition) is 3. The van der Waals surface area contributed by atoms with Crippen LogP contribution in [0.3, 0.4) is 0 Å². The first kappa shape index (κ1) is 23.2. The number of aryl methyl sites for hydroxylation is 1. The molecule has 3 nitrogen and oxygen atoms in total. The van der Waals surface area contributed by atoms with Gasteiger partial charge in [0.15, 0.2) is 5.78 Å². The largest absolute Gasteiger partial charge is 0.512 e. The molecule has 4 rings (SSSR count). The molecule has 172 valence electrons. The molecule has 0 unspecified atom stereocenters. The van der Waals surface area contributed by atoms with Gasteiger partial charge in [0, 0.05) is 41.0 Å². The van der Waals surface area contributed by atoms with Crippen LogP contribution in [0.25, 0.3) is 11.1 Å². The highest BCUT2D eigenvalue weighted by Gasteiger charge is 2.34. The summed E-state index contributed by atoms with van der Waals surface area (Å²) in [5.74, 6) is 0.186. The summed E-state index contributed by atoms with van der Waals surface area (Å²) >= 11 is 0. The molecule has 1 N–H and O–H groups in total. The summed E-state index contributed by atoms with van der Waals surface area (Å²) in [6.07, 6.45) is 8.13. The number of aromatic nitrogens is 1. The fourth-order valence-corrected chi connectivity index (χ4v) is 5.15. The summed E-state index contributed by atoms with van der Waals surface area (Å²) in [6.45, 7) is 15.5. The molecular weight excluding hydrogens is 406 g/mol. The zero-order valence-corrected chi connectivity index (χ0v) is 21.0. The molecule has 1 aromatic carbocycles. The van der Waals surface area contributed by atoms with Crippen LogP contribution in [0.15, 0.2) is 53.9 Å². The Balaban J connectivity index is 1.82. The van der Waals surface area contributed by atoms with Gasteiger partial charge in [-0.3, -0.25) is 9.78 Å². The van der Waals surface area contributed by atoms with E-state index in [1.807, 2.05) is 12.1 Å². The maximum Gasteiger partial charge on any atom is 0.166 e. The Morgan fingerprint density at radius 2 is 1.61 bits per heavy atom. The van der Waals surface area contributed by atoms with Crippen LogP contribution in [0, 0.1) is 6.92 Å². The summed E-state index contributed by atoms with van der Waals surface area (Å²) in [4.78, 5) is 17.2. The highest BCUT2D eigenvalue weighted by atomic mass is 16.3. The normalized spacial score (nSPS) is 18.8. The number of aliphatic hydroxyl groups excluding tert-OH is 1. The second kappa shape index (κ2) is 8.13. The Hall–Kier alpha value is -2.94. The second-order valence-corrected chi connectivity index (χ2v) is 10.9. The standard InChI is InChI=1S/C30H35NO2/c1-18(2)27(24-12-11-20(17-31-24)28-25(32)9-8-10-26(28)33)21-16-23-22(15-19(21)3)29(4,5)13-14-30(23,6)7/h11-17,32H,8-10H2,1-7H3. The Morgan fingerprint density at radius 3 is 2.15 bits per heavy atom. The summed E-state index contributed by atoms with van der Waals surface area (Å²) in [5.41, 5.74) is 9.46. The number of benzene rings is 1. The molecule has 0 fully saturated rings. The molecule has 1 aromatic heterocycles. The number of hydrogen-bond donors (Lipinski definition) is 1. The third-order valence-corrected chi connectivity index (χ3v) is 7.13. The smallest absolute Gasteiger partial charge is 0.166 e. The van der Waals surface area contributed by atoms with Crippen molar-refractivity contribution in [3.05, 3.63) is 87.5 Å². The lowest BCUT2D eigenvalue weighted by atomic mass is 9.67. The number of allylic oxidation sites excluding steroid dienone is 5. The number of aliphatic hydroxyl groups is 1. The summed E-state index contributed by atoms with van der Waals surface area (Å²) in [6, 6.07) is 8.60. The topological polar surface area (TPSA) is 50.2 Å². The first-order valence-electron chi connectivity index (χ1n) is 11.9. The predicted octanol–water partition coefficient (Wildman–Crippen LogP) is 7.38. The molecule has 0 amide bonds. The van der Waals surface area contributed by atoms with Crippen molar-refractivity contribution < 1.29 is 9.90 Å². The number of pyridine rings is 1. The van der Waals surface area contributed by atoms with Crippen LogP contribution < -0.4 is 0 Å². The van der Waals surface area contributed by atoms with Crippen molar-refractivity contribution in [3.8, 4) is 0 Å². The molecule has 0 aliphatic heterocycles. The van der Waals surface area contributed by atoms with Crippen molar-refractivity contribution in [2.45, 2.75) is 78.6 Å². The van der Waals surface area contributed by atoms with E-state index in [2.05, 4.69) is 72.8 Å². The second-order valence-electron chi connectivity index (χ2n) is 10.9. The van der Waals surface area contributed by atoms with E-state index in [0.29, 0.717) is 30.4 Å². The van der Waals surface area contributed by atoms with E-state index in [1.165, 1.54) is 27.8 Å². The molecule has 0 bridgehead atoms. The molecule has 0 saturated heterocycles. The van der Waals surface area contributed by atoms with Crippen molar-refractivity contribution in [1.29, 1.82) is 0 Å². The average Bonchev–Trinajstić information content (AvgIpc) is 2.73. The van der Waals surface area contributed by atoms with Gasteiger partial charge >= 0.3 is 0 Å². The van der Waals surface area contributed by atoms with Gasteiger partial charge in [-0.25, -0.2) is 0 Å². The predicted molar refractivity (Wildman–Crippen MR) is 136 cm³/mol. The minimum absolute atomic E-state index is 0.000768. The number of Topliss-reactive ketones (excluding diaryl/α,β-unsaturated/α-hetero) is 1. The van der Waals surface area contributed by atoms with Crippen molar-refractivity contribution in [2.75, 3.05) is 0 Å². The first-order chi connectivity index (χ1) is 15.4. The molecule has 0 radical (unpaired) electrons. The van der Waals surface area contributed by atoms with Crippen LogP contribution >= 0.6 is 0 Å². The van der Waals surface area contributed by atoms with Gasteiger partial charge in [0.1, 0.15) is 5.76 Å². The van der Waals surface area contributed by atoms with Crippen LogP contribution in [0.4, 0.5) is 0 Å². The molecule has 3 heteroatoms. The molecule has 33 heavy (non-hydrogen) atoms. The number of nitrogens with zero attached hydrogens (tertiary/aromatic N) is 1. The quantitative estimate of drug-likeness (QED) is 0.506. The van der Waals surface area contributed by atoms with E-state index in [9.17, 15) is 9.90 Å². The first-order valence-corrected chi connectivity index (χ1v) is 11.9. The number of carbonyl (C=O) groups is 1. The van der Waals surface area contributed by atoms with Crippen LogP contribution in [-0.4, -0.2) is 15.9 Å².